The summed E-state index contributed by atoms with van der Waals surface area (Å²) in [5, 5.41) is 12.0. The van der Waals surface area contributed by atoms with Crippen molar-refractivity contribution in [3.63, 3.8) is 0 Å². The van der Waals surface area contributed by atoms with Gasteiger partial charge in [-0.2, -0.15) is 0 Å². The number of rotatable bonds is 7. The van der Waals surface area contributed by atoms with Gasteiger partial charge in [0.1, 0.15) is 0 Å². The van der Waals surface area contributed by atoms with Crippen LogP contribution < -0.4 is 5.32 Å². The van der Waals surface area contributed by atoms with Gasteiger partial charge in [-0.1, -0.05) is 6.42 Å². The number of carboxylic acid groups (broad SMARTS) is 1. The van der Waals surface area contributed by atoms with E-state index in [4.69, 9.17) is 5.11 Å². The summed E-state index contributed by atoms with van der Waals surface area (Å²) in [6.45, 7) is 5.92. The Bertz CT molecular complexity index is 331. The molecule has 0 bridgehead atoms. The normalized spacial score (nSPS) is 23.1. The Hall–Kier alpha value is -1.10. The average molecular weight is 284 g/mol. The molecule has 2 unspecified atom stereocenters. The van der Waals surface area contributed by atoms with Crippen LogP contribution in [0.3, 0.4) is 0 Å². The van der Waals surface area contributed by atoms with Crippen molar-refractivity contribution in [2.24, 2.45) is 11.8 Å². The van der Waals surface area contributed by atoms with Crippen molar-refractivity contribution >= 4 is 11.9 Å². The number of nitrogens with zero attached hydrogens (tertiary/aromatic N) is 1. The van der Waals surface area contributed by atoms with Crippen molar-refractivity contribution in [3.05, 3.63) is 0 Å². The van der Waals surface area contributed by atoms with Gasteiger partial charge in [-0.25, -0.2) is 0 Å². The number of carbonyl (C=O) groups is 2. The zero-order chi connectivity index (χ0) is 15.1. The van der Waals surface area contributed by atoms with Gasteiger partial charge < -0.3 is 15.3 Å². The number of carbonyl (C=O) groups excluding carboxylic acids is 1. The highest BCUT2D eigenvalue weighted by molar-refractivity contribution is 5.80. The first-order chi connectivity index (χ1) is 9.41. The number of carboxylic acids is 1. The molecule has 2 atom stereocenters. The quantitative estimate of drug-likeness (QED) is 0.698. The summed E-state index contributed by atoms with van der Waals surface area (Å²) in [6.07, 6.45) is 3.79. The fourth-order valence-corrected chi connectivity index (χ4v) is 2.59. The number of hydrogen-bond donors (Lipinski definition) is 2. The highest BCUT2D eigenvalue weighted by Crippen LogP contribution is 2.29. The Morgan fingerprint density at radius 1 is 1.30 bits per heavy atom. The third-order valence-corrected chi connectivity index (χ3v) is 4.26. The molecule has 1 aliphatic carbocycles. The Kier molecular flexibility index (Phi) is 6.99. The van der Waals surface area contributed by atoms with Crippen LogP contribution in [0.2, 0.25) is 0 Å². The van der Waals surface area contributed by atoms with E-state index in [1.807, 2.05) is 0 Å². The average Bonchev–Trinajstić information content (AvgIpc) is 2.43. The Morgan fingerprint density at radius 3 is 2.55 bits per heavy atom. The van der Waals surface area contributed by atoms with Gasteiger partial charge >= 0.3 is 5.97 Å². The molecular weight excluding hydrogens is 256 g/mol. The van der Waals surface area contributed by atoms with Crippen molar-refractivity contribution in [2.75, 3.05) is 20.1 Å². The molecule has 116 valence electrons. The maximum Gasteiger partial charge on any atom is 0.306 e. The lowest BCUT2D eigenvalue weighted by molar-refractivity contribution is -0.144. The minimum absolute atomic E-state index is 0.0307. The monoisotopic (exact) mass is 284 g/mol. The smallest absolute Gasteiger partial charge is 0.306 e. The van der Waals surface area contributed by atoms with Gasteiger partial charge in [-0.05, 0) is 53.1 Å². The molecule has 5 heteroatoms. The number of aliphatic carboxylic acids is 1. The van der Waals surface area contributed by atoms with Crippen molar-refractivity contribution in [2.45, 2.75) is 52.0 Å². The maximum atomic E-state index is 12.0. The van der Waals surface area contributed by atoms with Gasteiger partial charge in [0.15, 0.2) is 0 Å². The first-order valence-electron chi connectivity index (χ1n) is 7.62. The molecule has 1 amide bonds. The molecule has 0 aliphatic heterocycles. The molecule has 20 heavy (non-hydrogen) atoms. The summed E-state index contributed by atoms with van der Waals surface area (Å²) in [5.41, 5.74) is 0. The van der Waals surface area contributed by atoms with E-state index in [0.717, 1.165) is 25.8 Å². The molecule has 0 aromatic rings. The van der Waals surface area contributed by atoms with E-state index >= 15 is 0 Å². The molecular formula is C15H28N2O3. The highest BCUT2D eigenvalue weighted by Gasteiger charge is 2.30. The predicted octanol–water partition coefficient (Wildman–Crippen LogP) is 1.72. The van der Waals surface area contributed by atoms with Crippen LogP contribution in [-0.2, 0) is 9.59 Å². The zero-order valence-electron chi connectivity index (χ0n) is 12.9. The molecule has 1 aliphatic rings. The van der Waals surface area contributed by atoms with Crippen LogP contribution in [0.25, 0.3) is 0 Å². The minimum atomic E-state index is -0.763. The second kappa shape index (κ2) is 8.25. The van der Waals surface area contributed by atoms with Gasteiger partial charge in [0.2, 0.25) is 5.91 Å². The van der Waals surface area contributed by atoms with Crippen molar-refractivity contribution < 1.29 is 14.7 Å². The molecule has 1 rings (SSSR count). The zero-order valence-corrected chi connectivity index (χ0v) is 12.9. The first kappa shape index (κ1) is 17.0. The third kappa shape index (κ3) is 5.49. The lowest BCUT2D eigenvalue weighted by atomic mass is 9.81. The standard InChI is InChI=1S/C15H28N2O3/c1-11(2)17(3)9-5-8-16-14(18)12-6-4-7-13(10-12)15(19)20/h11-13H,4-10H2,1-3H3,(H,16,18)(H,19,20). The molecule has 1 saturated carbocycles. The topological polar surface area (TPSA) is 69.6 Å². The molecule has 1 fully saturated rings. The van der Waals surface area contributed by atoms with Crippen LogP contribution >= 0.6 is 0 Å². The number of hydrogen-bond acceptors (Lipinski definition) is 3. The summed E-state index contributed by atoms with van der Waals surface area (Å²) < 4.78 is 0. The van der Waals surface area contributed by atoms with E-state index in [2.05, 4.69) is 31.1 Å². The lowest BCUT2D eigenvalue weighted by Crippen LogP contribution is -2.37. The minimum Gasteiger partial charge on any atom is -0.481 e. The summed E-state index contributed by atoms with van der Waals surface area (Å²) in [5.74, 6) is -1.19. The first-order valence-corrected chi connectivity index (χ1v) is 7.62. The lowest BCUT2D eigenvalue weighted by Gasteiger charge is -2.26. The molecule has 0 spiro atoms. The largest absolute Gasteiger partial charge is 0.481 e. The van der Waals surface area contributed by atoms with E-state index < -0.39 is 5.97 Å². The summed E-state index contributed by atoms with van der Waals surface area (Å²) >= 11 is 0. The second-order valence-corrected chi connectivity index (χ2v) is 6.12. The van der Waals surface area contributed by atoms with E-state index in [9.17, 15) is 9.59 Å². The fourth-order valence-electron chi connectivity index (χ4n) is 2.59. The van der Waals surface area contributed by atoms with E-state index in [1.165, 1.54) is 0 Å². The van der Waals surface area contributed by atoms with Crippen LogP contribution in [0, 0.1) is 11.8 Å². The van der Waals surface area contributed by atoms with Gasteiger partial charge in [0.25, 0.3) is 0 Å². The van der Waals surface area contributed by atoms with E-state index in [1.54, 1.807) is 0 Å². The Balaban J connectivity index is 2.24. The van der Waals surface area contributed by atoms with Crippen molar-refractivity contribution in [1.82, 2.24) is 10.2 Å². The Labute approximate surface area is 121 Å². The maximum absolute atomic E-state index is 12.0. The van der Waals surface area contributed by atoms with Crippen LogP contribution in [0.5, 0.6) is 0 Å². The van der Waals surface area contributed by atoms with Crippen LogP contribution in [0.1, 0.15) is 46.0 Å². The fraction of sp³-hybridized carbons (Fsp3) is 0.867. The van der Waals surface area contributed by atoms with Gasteiger partial charge in [0, 0.05) is 18.5 Å². The molecule has 2 N–H and O–H groups in total. The van der Waals surface area contributed by atoms with E-state index in [-0.39, 0.29) is 17.7 Å². The Morgan fingerprint density at radius 2 is 1.95 bits per heavy atom. The SMILES string of the molecule is CC(C)N(C)CCCNC(=O)C1CCCC(C(=O)O)C1. The van der Waals surface area contributed by atoms with Crippen LogP contribution in [0.4, 0.5) is 0 Å². The molecule has 0 heterocycles. The summed E-state index contributed by atoms with van der Waals surface area (Å²) in [7, 11) is 2.07. The van der Waals surface area contributed by atoms with Crippen LogP contribution in [-0.4, -0.2) is 48.1 Å². The van der Waals surface area contributed by atoms with Crippen molar-refractivity contribution in [3.8, 4) is 0 Å². The predicted molar refractivity (Wildman–Crippen MR) is 78.5 cm³/mol. The van der Waals surface area contributed by atoms with Gasteiger partial charge in [0.05, 0.1) is 5.92 Å². The second-order valence-electron chi connectivity index (χ2n) is 6.12. The van der Waals surface area contributed by atoms with Gasteiger partial charge in [-0.15, -0.1) is 0 Å². The molecule has 0 aromatic carbocycles. The number of amides is 1. The summed E-state index contributed by atoms with van der Waals surface area (Å²) in [6, 6.07) is 0.514. The molecule has 0 saturated heterocycles. The highest BCUT2D eigenvalue weighted by atomic mass is 16.4. The van der Waals surface area contributed by atoms with Crippen molar-refractivity contribution in [1.29, 1.82) is 0 Å². The molecule has 5 nitrogen and oxygen atoms in total. The molecule has 0 aromatic heterocycles. The molecule has 0 radical (unpaired) electrons. The summed E-state index contributed by atoms with van der Waals surface area (Å²) in [4.78, 5) is 25.3. The van der Waals surface area contributed by atoms with Gasteiger partial charge in [-0.3, -0.25) is 9.59 Å². The van der Waals surface area contributed by atoms with Crippen LogP contribution in [0.15, 0.2) is 0 Å². The third-order valence-electron chi connectivity index (χ3n) is 4.26. The van der Waals surface area contributed by atoms with E-state index in [0.29, 0.717) is 25.4 Å². The number of nitrogens with one attached hydrogen (secondary N) is 1.